The molecule has 0 saturated heterocycles. The summed E-state index contributed by atoms with van der Waals surface area (Å²) >= 11 is 0. The van der Waals surface area contributed by atoms with Gasteiger partial charge in [0.2, 0.25) is 0 Å². The van der Waals surface area contributed by atoms with E-state index in [9.17, 15) is 15.2 Å². The number of aromatic hydroxyl groups is 1. The zero-order chi connectivity index (χ0) is 19.1. The number of benzene rings is 2. The number of hydrogen-bond acceptors (Lipinski definition) is 7. The lowest BCUT2D eigenvalue weighted by molar-refractivity contribution is -0.385. The van der Waals surface area contributed by atoms with Gasteiger partial charge in [0.25, 0.3) is 5.69 Å². The van der Waals surface area contributed by atoms with Crippen LogP contribution in [0.4, 0.5) is 5.69 Å². The van der Waals surface area contributed by atoms with Crippen LogP contribution in [0, 0.1) is 10.1 Å². The summed E-state index contributed by atoms with van der Waals surface area (Å²) < 4.78 is 15.4. The molecule has 138 valence electrons. The number of hydrogen-bond donors (Lipinski definition) is 1. The van der Waals surface area contributed by atoms with Gasteiger partial charge in [-0.15, -0.1) is 0 Å². The van der Waals surface area contributed by atoms with Crippen molar-refractivity contribution in [3.8, 4) is 23.0 Å². The van der Waals surface area contributed by atoms with Gasteiger partial charge in [0.15, 0.2) is 11.5 Å². The Morgan fingerprint density at radius 1 is 1.12 bits per heavy atom. The Morgan fingerprint density at radius 2 is 1.81 bits per heavy atom. The maximum Gasteiger partial charge on any atom is 0.276 e. The molecule has 0 aromatic heterocycles. The number of ether oxygens (including phenoxy) is 3. The number of aliphatic imine (C=N–C) groups is 1. The summed E-state index contributed by atoms with van der Waals surface area (Å²) in [5.74, 6) is 1.39. The van der Waals surface area contributed by atoms with Gasteiger partial charge >= 0.3 is 0 Å². The van der Waals surface area contributed by atoms with Crippen LogP contribution in [0.25, 0.3) is 0 Å². The predicted octanol–water partition coefficient (Wildman–Crippen LogP) is 2.99. The number of nitro benzene ring substituents is 1. The highest BCUT2D eigenvalue weighted by Crippen LogP contribution is 2.34. The molecule has 0 aliphatic heterocycles. The molecule has 0 atom stereocenters. The largest absolute Gasteiger partial charge is 0.507 e. The van der Waals surface area contributed by atoms with Crippen molar-refractivity contribution in [1.29, 1.82) is 0 Å². The quantitative estimate of drug-likeness (QED) is 0.441. The third-order valence-corrected chi connectivity index (χ3v) is 3.76. The molecule has 1 N–H and O–H groups in total. The van der Waals surface area contributed by atoms with E-state index in [1.807, 2.05) is 0 Å². The van der Waals surface area contributed by atoms with Gasteiger partial charge in [0, 0.05) is 23.9 Å². The molecule has 0 heterocycles. The summed E-state index contributed by atoms with van der Waals surface area (Å²) in [6.45, 7) is 0.299. The van der Waals surface area contributed by atoms with Gasteiger partial charge in [0.1, 0.15) is 11.5 Å². The summed E-state index contributed by atoms with van der Waals surface area (Å²) in [7, 11) is 4.42. The minimum absolute atomic E-state index is 0.0536. The Labute approximate surface area is 150 Å². The van der Waals surface area contributed by atoms with E-state index in [1.165, 1.54) is 39.7 Å². The molecule has 2 aromatic rings. The predicted molar refractivity (Wildman–Crippen MR) is 97.0 cm³/mol. The van der Waals surface area contributed by atoms with Crippen molar-refractivity contribution in [2.24, 2.45) is 4.99 Å². The standard InChI is InChI=1S/C18H20N2O6/c1-24-14-4-5-16(21)13(8-14)11-19-7-6-12-9-17(25-2)18(26-3)10-15(12)20(22)23/h4-5,8-11,21H,6-7H2,1-3H3. The van der Waals surface area contributed by atoms with Crippen molar-refractivity contribution in [1.82, 2.24) is 0 Å². The maximum absolute atomic E-state index is 11.3. The van der Waals surface area contributed by atoms with Gasteiger partial charge in [-0.25, -0.2) is 0 Å². The van der Waals surface area contributed by atoms with Crippen LogP contribution in [-0.4, -0.2) is 44.1 Å². The molecule has 26 heavy (non-hydrogen) atoms. The fraction of sp³-hybridized carbons (Fsp3) is 0.278. The van der Waals surface area contributed by atoms with E-state index in [0.29, 0.717) is 41.3 Å². The van der Waals surface area contributed by atoms with Crippen molar-refractivity contribution >= 4 is 11.9 Å². The van der Waals surface area contributed by atoms with Crippen LogP contribution in [0.15, 0.2) is 35.3 Å². The van der Waals surface area contributed by atoms with Gasteiger partial charge < -0.3 is 19.3 Å². The van der Waals surface area contributed by atoms with E-state index in [1.54, 1.807) is 18.2 Å². The van der Waals surface area contributed by atoms with Crippen molar-refractivity contribution in [3.05, 3.63) is 51.6 Å². The van der Waals surface area contributed by atoms with Crippen LogP contribution in [-0.2, 0) is 6.42 Å². The monoisotopic (exact) mass is 360 g/mol. The summed E-state index contributed by atoms with van der Waals surface area (Å²) in [6.07, 6.45) is 1.84. The second-order valence-corrected chi connectivity index (χ2v) is 5.30. The molecule has 0 aliphatic rings. The summed E-state index contributed by atoms with van der Waals surface area (Å²) in [5.41, 5.74) is 0.938. The molecule has 2 aromatic carbocycles. The number of rotatable bonds is 8. The van der Waals surface area contributed by atoms with Gasteiger partial charge in [-0.3, -0.25) is 15.1 Å². The molecule has 8 nitrogen and oxygen atoms in total. The lowest BCUT2D eigenvalue weighted by atomic mass is 10.1. The fourth-order valence-electron chi connectivity index (χ4n) is 2.39. The minimum atomic E-state index is -0.463. The average molecular weight is 360 g/mol. The lowest BCUT2D eigenvalue weighted by Crippen LogP contribution is -2.01. The highest BCUT2D eigenvalue weighted by atomic mass is 16.6. The number of nitrogens with zero attached hydrogens (tertiary/aromatic N) is 2. The highest BCUT2D eigenvalue weighted by molar-refractivity contribution is 5.84. The Balaban J connectivity index is 2.17. The first-order valence-corrected chi connectivity index (χ1v) is 7.76. The molecular formula is C18H20N2O6. The summed E-state index contributed by atoms with van der Waals surface area (Å²) in [4.78, 5) is 15.1. The number of nitro groups is 1. The van der Waals surface area contributed by atoms with Crippen LogP contribution < -0.4 is 14.2 Å². The molecule has 0 aliphatic carbocycles. The number of phenolic OH excluding ortho intramolecular Hbond substituents is 1. The average Bonchev–Trinajstić information content (AvgIpc) is 2.65. The number of phenols is 1. The molecule has 0 fully saturated rings. The Bertz CT molecular complexity index is 820. The van der Waals surface area contributed by atoms with Crippen LogP contribution in [0.1, 0.15) is 11.1 Å². The molecule has 0 spiro atoms. The number of methoxy groups -OCH3 is 3. The first kappa shape index (κ1) is 19.0. The maximum atomic E-state index is 11.3. The second kappa shape index (κ2) is 8.70. The summed E-state index contributed by atoms with van der Waals surface area (Å²) in [6, 6.07) is 7.72. The van der Waals surface area contributed by atoms with E-state index in [4.69, 9.17) is 14.2 Å². The van der Waals surface area contributed by atoms with Crippen molar-refractivity contribution < 1.29 is 24.2 Å². The van der Waals surface area contributed by atoms with E-state index < -0.39 is 4.92 Å². The van der Waals surface area contributed by atoms with Crippen molar-refractivity contribution in [3.63, 3.8) is 0 Å². The first-order valence-electron chi connectivity index (χ1n) is 7.76. The van der Waals surface area contributed by atoms with Gasteiger partial charge in [-0.1, -0.05) is 0 Å². The SMILES string of the molecule is COc1ccc(O)c(C=NCCc2cc(OC)c(OC)cc2[N+](=O)[O-])c1. The van der Waals surface area contributed by atoms with E-state index in [-0.39, 0.29) is 11.4 Å². The molecule has 0 bridgehead atoms. The fourth-order valence-corrected chi connectivity index (χ4v) is 2.39. The van der Waals surface area contributed by atoms with Crippen molar-refractivity contribution in [2.45, 2.75) is 6.42 Å². The Hall–Kier alpha value is -3.29. The van der Waals surface area contributed by atoms with Crippen molar-refractivity contribution in [2.75, 3.05) is 27.9 Å². The van der Waals surface area contributed by atoms with Crippen LogP contribution in [0.3, 0.4) is 0 Å². The molecule has 0 radical (unpaired) electrons. The van der Waals surface area contributed by atoms with Gasteiger partial charge in [-0.05, 0) is 30.7 Å². The molecule has 2 rings (SSSR count). The van der Waals surface area contributed by atoms with Crippen LogP contribution in [0.5, 0.6) is 23.0 Å². The van der Waals surface area contributed by atoms with Gasteiger partial charge in [0.05, 0.1) is 32.3 Å². The van der Waals surface area contributed by atoms with Crippen LogP contribution >= 0.6 is 0 Å². The smallest absolute Gasteiger partial charge is 0.276 e. The third-order valence-electron chi connectivity index (χ3n) is 3.76. The Morgan fingerprint density at radius 3 is 2.42 bits per heavy atom. The van der Waals surface area contributed by atoms with E-state index in [2.05, 4.69) is 4.99 Å². The third kappa shape index (κ3) is 4.41. The highest BCUT2D eigenvalue weighted by Gasteiger charge is 2.18. The zero-order valence-corrected chi connectivity index (χ0v) is 14.8. The molecule has 0 unspecified atom stereocenters. The molecule has 0 saturated carbocycles. The topological polar surface area (TPSA) is 103 Å². The normalized spacial score (nSPS) is 10.7. The Kier molecular flexibility index (Phi) is 6.37. The first-order chi connectivity index (χ1) is 12.5. The van der Waals surface area contributed by atoms with Gasteiger partial charge in [-0.2, -0.15) is 0 Å². The van der Waals surface area contributed by atoms with E-state index >= 15 is 0 Å². The summed E-state index contributed by atoms with van der Waals surface area (Å²) in [5, 5.41) is 21.1. The van der Waals surface area contributed by atoms with E-state index in [0.717, 1.165) is 0 Å². The molecular weight excluding hydrogens is 340 g/mol. The lowest BCUT2D eigenvalue weighted by Gasteiger charge is -2.10. The van der Waals surface area contributed by atoms with Crippen LogP contribution in [0.2, 0.25) is 0 Å². The molecule has 0 amide bonds. The molecule has 8 heteroatoms. The minimum Gasteiger partial charge on any atom is -0.507 e. The zero-order valence-electron chi connectivity index (χ0n) is 14.8. The second-order valence-electron chi connectivity index (χ2n) is 5.30.